The highest BCUT2D eigenvalue weighted by Gasteiger charge is 2.31. The quantitative estimate of drug-likeness (QED) is 0.865. The Morgan fingerprint density at radius 1 is 1.19 bits per heavy atom. The second-order valence-electron chi connectivity index (χ2n) is 4.81. The lowest BCUT2D eigenvalue weighted by atomic mass is 10.1. The topological polar surface area (TPSA) is 34.4 Å². The second kappa shape index (κ2) is 5.71. The van der Waals surface area contributed by atoms with Crippen LogP contribution in [0, 0.1) is 13.8 Å². The van der Waals surface area contributed by atoms with Crippen LogP contribution in [0.3, 0.4) is 0 Å². The number of hydrogen-bond acceptors (Lipinski definition) is 3. The van der Waals surface area contributed by atoms with Gasteiger partial charge < -0.3 is 14.5 Å². The van der Waals surface area contributed by atoms with Crippen LogP contribution in [-0.2, 0) is 0 Å². The lowest BCUT2D eigenvalue weighted by Crippen LogP contribution is -2.17. The number of hydrogen-bond donors (Lipinski definition) is 1. The van der Waals surface area contributed by atoms with E-state index in [1.54, 1.807) is 6.07 Å². The number of aryl methyl sites for hydroxylation is 2. The fraction of sp³-hybridized carbons (Fsp3) is 0.333. The van der Waals surface area contributed by atoms with Gasteiger partial charge in [-0.25, -0.2) is 0 Å². The van der Waals surface area contributed by atoms with Crippen molar-refractivity contribution in [1.82, 2.24) is 0 Å². The van der Waals surface area contributed by atoms with Gasteiger partial charge in [0.15, 0.2) is 0 Å². The zero-order valence-electron chi connectivity index (χ0n) is 11.9. The summed E-state index contributed by atoms with van der Waals surface area (Å²) in [6.45, 7) is 5.61. The Bertz CT molecular complexity index is 620. The summed E-state index contributed by atoms with van der Waals surface area (Å²) in [5.41, 5.74) is 1.51. The third-order valence-corrected chi connectivity index (χ3v) is 3.00. The molecular formula is C15H16F3NO2. The van der Waals surface area contributed by atoms with Crippen LogP contribution in [0.4, 0.5) is 18.9 Å². The average molecular weight is 299 g/mol. The number of alkyl halides is 3. The van der Waals surface area contributed by atoms with E-state index in [1.165, 1.54) is 18.2 Å². The molecule has 0 radical (unpaired) electrons. The molecule has 1 atom stereocenters. The molecule has 114 valence electrons. The molecule has 1 unspecified atom stereocenters. The van der Waals surface area contributed by atoms with Crippen LogP contribution in [0.2, 0.25) is 0 Å². The molecule has 0 saturated heterocycles. The van der Waals surface area contributed by atoms with E-state index < -0.39 is 6.36 Å². The molecule has 21 heavy (non-hydrogen) atoms. The van der Waals surface area contributed by atoms with E-state index in [0.717, 1.165) is 17.1 Å². The molecule has 1 aromatic carbocycles. The first-order valence-corrected chi connectivity index (χ1v) is 6.44. The molecule has 0 aliphatic carbocycles. The third kappa shape index (κ3) is 4.18. The molecule has 0 saturated carbocycles. The van der Waals surface area contributed by atoms with Crippen molar-refractivity contribution in [1.29, 1.82) is 0 Å². The maximum absolute atomic E-state index is 12.2. The standard InChI is InChI=1S/C15H16F3NO2/c1-9-7-14(11(3)20-9)10(2)19-12-5-4-6-13(8-12)21-15(16,17)18/h4-8,10,19H,1-3H3. The number of anilines is 1. The Kier molecular flexibility index (Phi) is 4.16. The van der Waals surface area contributed by atoms with E-state index in [2.05, 4.69) is 10.1 Å². The summed E-state index contributed by atoms with van der Waals surface area (Å²) in [7, 11) is 0. The van der Waals surface area contributed by atoms with Gasteiger partial charge in [0.1, 0.15) is 17.3 Å². The van der Waals surface area contributed by atoms with Crippen molar-refractivity contribution in [2.45, 2.75) is 33.2 Å². The van der Waals surface area contributed by atoms with Gasteiger partial charge in [-0.3, -0.25) is 0 Å². The SMILES string of the molecule is Cc1cc(C(C)Nc2cccc(OC(F)(F)F)c2)c(C)o1. The minimum atomic E-state index is -4.69. The highest BCUT2D eigenvalue weighted by molar-refractivity contribution is 5.50. The van der Waals surface area contributed by atoms with Gasteiger partial charge in [0, 0.05) is 17.3 Å². The maximum Gasteiger partial charge on any atom is 0.573 e. The molecule has 3 nitrogen and oxygen atoms in total. The Morgan fingerprint density at radius 2 is 1.90 bits per heavy atom. The third-order valence-electron chi connectivity index (χ3n) is 3.00. The normalized spacial score (nSPS) is 13.0. The van der Waals surface area contributed by atoms with Crippen LogP contribution in [-0.4, -0.2) is 6.36 Å². The van der Waals surface area contributed by atoms with Crippen molar-refractivity contribution >= 4 is 5.69 Å². The van der Waals surface area contributed by atoms with E-state index in [9.17, 15) is 13.2 Å². The molecule has 6 heteroatoms. The first-order chi connectivity index (χ1) is 9.74. The summed E-state index contributed by atoms with van der Waals surface area (Å²) in [6.07, 6.45) is -4.69. The molecule has 0 bridgehead atoms. The van der Waals surface area contributed by atoms with Gasteiger partial charge in [0.25, 0.3) is 0 Å². The van der Waals surface area contributed by atoms with Gasteiger partial charge >= 0.3 is 6.36 Å². The zero-order chi connectivity index (χ0) is 15.6. The van der Waals surface area contributed by atoms with Gasteiger partial charge in [0.05, 0.1) is 6.04 Å². The predicted molar refractivity (Wildman–Crippen MR) is 73.3 cm³/mol. The number of halogens is 3. The first-order valence-electron chi connectivity index (χ1n) is 6.44. The van der Waals surface area contributed by atoms with Crippen LogP contribution in [0.15, 0.2) is 34.7 Å². The zero-order valence-corrected chi connectivity index (χ0v) is 11.9. The minimum Gasteiger partial charge on any atom is -0.466 e. The van der Waals surface area contributed by atoms with Crippen LogP contribution in [0.5, 0.6) is 5.75 Å². The summed E-state index contributed by atoms with van der Waals surface area (Å²) in [5, 5.41) is 3.13. The van der Waals surface area contributed by atoms with E-state index in [4.69, 9.17) is 4.42 Å². The fourth-order valence-corrected chi connectivity index (χ4v) is 2.19. The second-order valence-corrected chi connectivity index (χ2v) is 4.81. The Morgan fingerprint density at radius 3 is 2.48 bits per heavy atom. The number of ether oxygens (including phenoxy) is 1. The average Bonchev–Trinajstić information content (AvgIpc) is 2.66. The monoisotopic (exact) mass is 299 g/mol. The molecule has 0 aliphatic rings. The van der Waals surface area contributed by atoms with E-state index in [-0.39, 0.29) is 11.8 Å². The van der Waals surface area contributed by atoms with Crippen molar-refractivity contribution in [3.8, 4) is 5.75 Å². The summed E-state index contributed by atoms with van der Waals surface area (Å²) in [6, 6.07) is 7.57. The molecule has 2 rings (SSSR count). The van der Waals surface area contributed by atoms with Crippen molar-refractivity contribution in [3.63, 3.8) is 0 Å². The molecular weight excluding hydrogens is 283 g/mol. The van der Waals surface area contributed by atoms with Gasteiger partial charge in [-0.05, 0) is 39.0 Å². The number of furan rings is 1. The summed E-state index contributed by atoms with van der Waals surface area (Å²) >= 11 is 0. The highest BCUT2D eigenvalue weighted by Crippen LogP contribution is 2.28. The number of nitrogens with one attached hydrogen (secondary N) is 1. The molecule has 1 N–H and O–H groups in total. The van der Waals surface area contributed by atoms with Crippen LogP contribution in [0.25, 0.3) is 0 Å². The van der Waals surface area contributed by atoms with Crippen molar-refractivity contribution in [2.75, 3.05) is 5.32 Å². The summed E-state index contributed by atoms with van der Waals surface area (Å²) < 4.78 is 46.0. The van der Waals surface area contributed by atoms with Crippen LogP contribution < -0.4 is 10.1 Å². The van der Waals surface area contributed by atoms with Crippen molar-refractivity contribution in [2.24, 2.45) is 0 Å². The van der Waals surface area contributed by atoms with Crippen LogP contribution in [0.1, 0.15) is 30.0 Å². The number of rotatable bonds is 4. The number of benzene rings is 1. The van der Waals surface area contributed by atoms with E-state index >= 15 is 0 Å². The van der Waals surface area contributed by atoms with E-state index in [1.807, 2.05) is 26.8 Å². The lowest BCUT2D eigenvalue weighted by molar-refractivity contribution is -0.274. The predicted octanol–water partition coefficient (Wildman–Crippen LogP) is 4.97. The maximum atomic E-state index is 12.2. The Balaban J connectivity index is 2.12. The molecule has 0 fully saturated rings. The highest BCUT2D eigenvalue weighted by atomic mass is 19.4. The molecule has 2 aromatic rings. The van der Waals surface area contributed by atoms with Crippen LogP contribution >= 0.6 is 0 Å². The van der Waals surface area contributed by atoms with Gasteiger partial charge in [-0.2, -0.15) is 0 Å². The lowest BCUT2D eigenvalue weighted by Gasteiger charge is -2.16. The Labute approximate surface area is 120 Å². The summed E-state index contributed by atoms with van der Waals surface area (Å²) in [4.78, 5) is 0. The van der Waals surface area contributed by atoms with Crippen molar-refractivity contribution < 1.29 is 22.3 Å². The fourth-order valence-electron chi connectivity index (χ4n) is 2.19. The molecule has 0 amide bonds. The largest absolute Gasteiger partial charge is 0.573 e. The molecule has 1 aromatic heterocycles. The minimum absolute atomic E-state index is 0.0939. The molecule has 1 heterocycles. The Hall–Kier alpha value is -2.11. The van der Waals surface area contributed by atoms with Gasteiger partial charge in [-0.1, -0.05) is 6.07 Å². The van der Waals surface area contributed by atoms with Gasteiger partial charge in [-0.15, -0.1) is 13.2 Å². The molecule has 0 spiro atoms. The van der Waals surface area contributed by atoms with Crippen molar-refractivity contribution in [3.05, 3.63) is 47.4 Å². The molecule has 0 aliphatic heterocycles. The first kappa shape index (κ1) is 15.3. The smallest absolute Gasteiger partial charge is 0.466 e. The summed E-state index contributed by atoms with van der Waals surface area (Å²) in [5.74, 6) is 1.33. The van der Waals surface area contributed by atoms with Gasteiger partial charge in [0.2, 0.25) is 0 Å². The van der Waals surface area contributed by atoms with E-state index in [0.29, 0.717) is 5.69 Å².